The van der Waals surface area contributed by atoms with Gasteiger partial charge in [0.1, 0.15) is 10.7 Å². The molecular formula is C18H21FN2O4S. The molecule has 140 valence electrons. The Labute approximate surface area is 152 Å². The Hall–Kier alpha value is -2.32. The lowest BCUT2D eigenvalue weighted by Gasteiger charge is -2.35. The number of nitrogens with zero attached hydrogens (tertiary/aromatic N) is 2. The highest BCUT2D eigenvalue weighted by atomic mass is 32.2. The summed E-state index contributed by atoms with van der Waals surface area (Å²) in [5.41, 5.74) is 1.04. The van der Waals surface area contributed by atoms with Crippen molar-refractivity contribution in [3.63, 3.8) is 0 Å². The molecule has 0 radical (unpaired) electrons. The van der Waals surface area contributed by atoms with Gasteiger partial charge in [0.05, 0.1) is 14.2 Å². The Balaban J connectivity index is 1.82. The lowest BCUT2D eigenvalue weighted by molar-refractivity contribution is 0.348. The second kappa shape index (κ2) is 7.51. The molecule has 1 saturated heterocycles. The number of sulfonamides is 1. The number of piperazine rings is 1. The van der Waals surface area contributed by atoms with Crippen LogP contribution < -0.4 is 14.4 Å². The molecule has 0 bridgehead atoms. The Morgan fingerprint density at radius 2 is 1.50 bits per heavy atom. The molecule has 0 spiro atoms. The van der Waals surface area contributed by atoms with E-state index in [1.807, 2.05) is 30.3 Å². The van der Waals surface area contributed by atoms with Crippen LogP contribution in [0.4, 0.5) is 10.1 Å². The fraction of sp³-hybridized carbons (Fsp3) is 0.333. The molecule has 0 atom stereocenters. The highest BCUT2D eigenvalue weighted by Crippen LogP contribution is 2.33. The Bertz CT molecular complexity index is 866. The summed E-state index contributed by atoms with van der Waals surface area (Å²) >= 11 is 0. The van der Waals surface area contributed by atoms with Gasteiger partial charge >= 0.3 is 0 Å². The van der Waals surface area contributed by atoms with Gasteiger partial charge in [-0.1, -0.05) is 18.2 Å². The number of hydrogen-bond acceptors (Lipinski definition) is 5. The third kappa shape index (κ3) is 3.47. The average Bonchev–Trinajstić information content (AvgIpc) is 2.68. The van der Waals surface area contributed by atoms with Crippen molar-refractivity contribution in [2.75, 3.05) is 45.3 Å². The smallest absolute Gasteiger partial charge is 0.246 e. The number of ether oxygens (including phenoxy) is 2. The normalized spacial score (nSPS) is 15.7. The van der Waals surface area contributed by atoms with Gasteiger partial charge in [0.15, 0.2) is 11.5 Å². The van der Waals surface area contributed by atoms with Gasteiger partial charge in [0, 0.05) is 44.0 Å². The van der Waals surface area contributed by atoms with Crippen LogP contribution in [-0.4, -0.2) is 53.1 Å². The molecule has 1 heterocycles. The quantitative estimate of drug-likeness (QED) is 0.797. The van der Waals surface area contributed by atoms with Gasteiger partial charge in [-0.05, 0) is 12.1 Å². The number of benzene rings is 2. The molecule has 1 aliphatic heterocycles. The number of rotatable bonds is 5. The van der Waals surface area contributed by atoms with Crippen molar-refractivity contribution in [3.05, 3.63) is 48.3 Å². The van der Waals surface area contributed by atoms with Crippen molar-refractivity contribution in [2.45, 2.75) is 4.90 Å². The zero-order valence-electron chi connectivity index (χ0n) is 14.7. The number of anilines is 1. The van der Waals surface area contributed by atoms with Crippen LogP contribution in [0.1, 0.15) is 0 Å². The first-order chi connectivity index (χ1) is 12.5. The molecule has 0 unspecified atom stereocenters. The van der Waals surface area contributed by atoms with Crippen LogP contribution in [0.2, 0.25) is 0 Å². The van der Waals surface area contributed by atoms with Gasteiger partial charge in [-0.25, -0.2) is 12.8 Å². The molecule has 2 aromatic rings. The fourth-order valence-electron chi connectivity index (χ4n) is 3.00. The molecule has 0 saturated carbocycles. The predicted molar refractivity (Wildman–Crippen MR) is 96.9 cm³/mol. The summed E-state index contributed by atoms with van der Waals surface area (Å²) in [4.78, 5) is 1.71. The molecule has 26 heavy (non-hydrogen) atoms. The molecular weight excluding hydrogens is 359 g/mol. The zero-order chi connectivity index (χ0) is 18.7. The first kappa shape index (κ1) is 18.5. The van der Waals surface area contributed by atoms with Crippen LogP contribution in [-0.2, 0) is 10.0 Å². The minimum atomic E-state index is -3.96. The van der Waals surface area contributed by atoms with Gasteiger partial charge in [-0.2, -0.15) is 4.31 Å². The average molecular weight is 380 g/mol. The molecule has 0 aliphatic carbocycles. The van der Waals surface area contributed by atoms with Crippen molar-refractivity contribution in [2.24, 2.45) is 0 Å². The van der Waals surface area contributed by atoms with E-state index in [-0.39, 0.29) is 24.6 Å². The van der Waals surface area contributed by atoms with Crippen LogP contribution in [0.15, 0.2) is 47.4 Å². The summed E-state index contributed by atoms with van der Waals surface area (Å²) in [7, 11) is -1.21. The summed E-state index contributed by atoms with van der Waals surface area (Å²) < 4.78 is 51.6. The van der Waals surface area contributed by atoms with Crippen molar-refractivity contribution >= 4 is 15.7 Å². The van der Waals surface area contributed by atoms with Crippen LogP contribution in [0.5, 0.6) is 11.5 Å². The topological polar surface area (TPSA) is 59.1 Å². The van der Waals surface area contributed by atoms with Gasteiger partial charge in [-0.3, -0.25) is 0 Å². The minimum absolute atomic E-state index is 0.151. The Morgan fingerprint density at radius 1 is 0.923 bits per heavy atom. The van der Waals surface area contributed by atoms with Gasteiger partial charge < -0.3 is 14.4 Å². The van der Waals surface area contributed by atoms with E-state index in [1.165, 1.54) is 24.6 Å². The molecule has 3 rings (SSSR count). The number of para-hydroxylation sites is 1. The number of methoxy groups -OCH3 is 2. The minimum Gasteiger partial charge on any atom is -0.493 e. The Morgan fingerprint density at radius 3 is 2.08 bits per heavy atom. The maximum atomic E-state index is 14.4. The third-order valence-corrected chi connectivity index (χ3v) is 6.33. The molecule has 0 N–H and O–H groups in total. The van der Waals surface area contributed by atoms with E-state index in [2.05, 4.69) is 4.90 Å². The number of halogens is 1. The van der Waals surface area contributed by atoms with E-state index in [0.29, 0.717) is 13.1 Å². The largest absolute Gasteiger partial charge is 0.493 e. The van der Waals surface area contributed by atoms with E-state index >= 15 is 0 Å². The van der Waals surface area contributed by atoms with Crippen molar-refractivity contribution in [1.82, 2.24) is 4.31 Å². The Kier molecular flexibility index (Phi) is 5.33. The van der Waals surface area contributed by atoms with Gasteiger partial charge in [0.25, 0.3) is 0 Å². The standard InChI is InChI=1S/C18H21FN2O4S/c1-24-16-12-15(19)18(13-17(16)25-2)26(22,23)21-10-8-20(9-11-21)14-6-4-3-5-7-14/h3-7,12-13H,8-11H2,1-2H3. The third-order valence-electron chi connectivity index (χ3n) is 4.42. The highest BCUT2D eigenvalue weighted by Gasteiger charge is 2.32. The second-order valence-electron chi connectivity index (χ2n) is 5.86. The first-order valence-electron chi connectivity index (χ1n) is 8.19. The summed E-state index contributed by atoms with van der Waals surface area (Å²) in [6.45, 7) is 1.65. The van der Waals surface area contributed by atoms with Crippen LogP contribution in [0, 0.1) is 5.82 Å². The van der Waals surface area contributed by atoms with Crippen LogP contribution >= 0.6 is 0 Å². The highest BCUT2D eigenvalue weighted by molar-refractivity contribution is 7.89. The summed E-state index contributed by atoms with van der Waals surface area (Å²) in [5.74, 6) is -0.526. The van der Waals surface area contributed by atoms with E-state index in [9.17, 15) is 12.8 Å². The summed E-state index contributed by atoms with van der Waals surface area (Å²) in [6.07, 6.45) is 0. The molecule has 0 aromatic heterocycles. The predicted octanol–water partition coefficient (Wildman–Crippen LogP) is 2.35. The molecule has 0 amide bonds. The first-order valence-corrected chi connectivity index (χ1v) is 9.63. The van der Waals surface area contributed by atoms with Crippen LogP contribution in [0.25, 0.3) is 0 Å². The maximum absolute atomic E-state index is 14.4. The maximum Gasteiger partial charge on any atom is 0.246 e. The summed E-state index contributed by atoms with van der Waals surface area (Å²) in [5, 5.41) is 0. The zero-order valence-corrected chi connectivity index (χ0v) is 15.5. The molecule has 1 aliphatic rings. The lowest BCUT2D eigenvalue weighted by atomic mass is 10.2. The van der Waals surface area contributed by atoms with Crippen molar-refractivity contribution in [3.8, 4) is 11.5 Å². The van der Waals surface area contributed by atoms with E-state index < -0.39 is 20.7 Å². The van der Waals surface area contributed by atoms with E-state index in [0.717, 1.165) is 11.8 Å². The molecule has 6 nitrogen and oxygen atoms in total. The van der Waals surface area contributed by atoms with E-state index in [1.54, 1.807) is 0 Å². The SMILES string of the molecule is COc1cc(F)c(S(=O)(=O)N2CCN(c3ccccc3)CC2)cc1OC. The molecule has 1 fully saturated rings. The van der Waals surface area contributed by atoms with Gasteiger partial charge in [0.2, 0.25) is 10.0 Å². The monoisotopic (exact) mass is 380 g/mol. The molecule has 2 aromatic carbocycles. The lowest BCUT2D eigenvalue weighted by Crippen LogP contribution is -2.48. The van der Waals surface area contributed by atoms with Crippen LogP contribution in [0.3, 0.4) is 0 Å². The van der Waals surface area contributed by atoms with Crippen molar-refractivity contribution < 1.29 is 22.3 Å². The van der Waals surface area contributed by atoms with E-state index in [4.69, 9.17) is 9.47 Å². The van der Waals surface area contributed by atoms with Gasteiger partial charge in [-0.15, -0.1) is 0 Å². The number of hydrogen-bond donors (Lipinski definition) is 0. The second-order valence-corrected chi connectivity index (χ2v) is 7.77. The fourth-order valence-corrected chi connectivity index (χ4v) is 4.48. The van der Waals surface area contributed by atoms with Crippen molar-refractivity contribution in [1.29, 1.82) is 0 Å². The summed E-state index contributed by atoms with van der Waals surface area (Å²) in [6, 6.07) is 12.0. The molecule has 8 heteroatoms.